The topological polar surface area (TPSA) is 60.9 Å². The molecule has 0 bridgehead atoms. The molecule has 7 heteroatoms. The van der Waals surface area contributed by atoms with Crippen molar-refractivity contribution < 1.29 is 14.4 Å². The van der Waals surface area contributed by atoms with Crippen LogP contribution in [0.3, 0.4) is 0 Å². The Balaban J connectivity index is 1.73. The third-order valence-electron chi connectivity index (χ3n) is 4.86. The maximum absolute atomic E-state index is 12.9. The molecule has 2 atom stereocenters. The summed E-state index contributed by atoms with van der Waals surface area (Å²) in [5.74, 6) is -0.658. The smallest absolute Gasteiger partial charge is 0.244 e. The Morgan fingerprint density at radius 1 is 1.28 bits per heavy atom. The maximum atomic E-state index is 12.9. The quantitative estimate of drug-likeness (QED) is 0.822. The molecule has 3 amide bonds. The molecule has 2 aliphatic heterocycles. The molecule has 0 N–H and O–H groups in total. The molecule has 6 nitrogen and oxygen atoms in total. The van der Waals surface area contributed by atoms with E-state index in [0.717, 1.165) is 6.42 Å². The summed E-state index contributed by atoms with van der Waals surface area (Å²) < 4.78 is 0. The van der Waals surface area contributed by atoms with Gasteiger partial charge in [-0.1, -0.05) is 17.7 Å². The average molecular weight is 364 g/mol. The lowest BCUT2D eigenvalue weighted by Gasteiger charge is -2.28. The Bertz CT molecular complexity index is 707. The van der Waals surface area contributed by atoms with E-state index >= 15 is 0 Å². The van der Waals surface area contributed by atoms with Crippen molar-refractivity contribution >= 4 is 35.0 Å². The Kier molecular flexibility index (Phi) is 4.99. The molecule has 1 aromatic carbocycles. The predicted octanol–water partition coefficient (Wildman–Crippen LogP) is 1.77. The van der Waals surface area contributed by atoms with Crippen molar-refractivity contribution in [1.82, 2.24) is 9.80 Å². The second-order valence-electron chi connectivity index (χ2n) is 6.81. The van der Waals surface area contributed by atoms with E-state index < -0.39 is 12.0 Å². The number of anilines is 1. The third-order valence-corrected chi connectivity index (χ3v) is 5.09. The van der Waals surface area contributed by atoms with Crippen molar-refractivity contribution in [1.29, 1.82) is 0 Å². The standard InChI is InChI=1S/C18H22ClN3O3/c1-20(2)18(25)15-7-4-8-21(15)17(24)12-9-16(23)22(11-12)14-6-3-5-13(19)10-14/h3,5-6,10,12,15H,4,7-9,11H2,1-2H3. The summed E-state index contributed by atoms with van der Waals surface area (Å²) in [5.41, 5.74) is 0.704. The van der Waals surface area contributed by atoms with E-state index in [4.69, 9.17) is 11.6 Å². The highest BCUT2D eigenvalue weighted by Crippen LogP contribution is 2.30. The van der Waals surface area contributed by atoms with Crippen LogP contribution in [0.15, 0.2) is 24.3 Å². The number of rotatable bonds is 3. The van der Waals surface area contributed by atoms with Crippen LogP contribution in [0, 0.1) is 5.92 Å². The summed E-state index contributed by atoms with van der Waals surface area (Å²) in [6.45, 7) is 0.905. The third kappa shape index (κ3) is 3.49. The number of hydrogen-bond acceptors (Lipinski definition) is 3. The van der Waals surface area contributed by atoms with Crippen LogP contribution in [0.5, 0.6) is 0 Å². The largest absolute Gasteiger partial charge is 0.347 e. The molecule has 3 rings (SSSR count). The van der Waals surface area contributed by atoms with Gasteiger partial charge in [0.05, 0.1) is 5.92 Å². The van der Waals surface area contributed by atoms with Gasteiger partial charge in [0.1, 0.15) is 6.04 Å². The van der Waals surface area contributed by atoms with Crippen LogP contribution in [0.1, 0.15) is 19.3 Å². The van der Waals surface area contributed by atoms with Crippen LogP contribution < -0.4 is 4.90 Å². The van der Waals surface area contributed by atoms with Crippen molar-refractivity contribution in [2.45, 2.75) is 25.3 Å². The van der Waals surface area contributed by atoms with Crippen LogP contribution in [0.4, 0.5) is 5.69 Å². The minimum Gasteiger partial charge on any atom is -0.347 e. The predicted molar refractivity (Wildman–Crippen MR) is 95.3 cm³/mol. The van der Waals surface area contributed by atoms with Crippen LogP contribution in [-0.2, 0) is 14.4 Å². The summed E-state index contributed by atoms with van der Waals surface area (Å²) in [5, 5.41) is 0.552. The molecule has 0 aromatic heterocycles. The molecule has 2 saturated heterocycles. The second-order valence-corrected chi connectivity index (χ2v) is 7.24. The lowest BCUT2D eigenvalue weighted by molar-refractivity contribution is -0.144. The van der Waals surface area contributed by atoms with E-state index in [9.17, 15) is 14.4 Å². The van der Waals surface area contributed by atoms with Crippen molar-refractivity contribution in [3.05, 3.63) is 29.3 Å². The van der Waals surface area contributed by atoms with E-state index in [2.05, 4.69) is 0 Å². The molecule has 2 aliphatic rings. The molecule has 0 saturated carbocycles. The number of likely N-dealkylation sites (tertiary alicyclic amines) is 1. The van der Waals surface area contributed by atoms with Crippen molar-refractivity contribution in [2.75, 3.05) is 32.1 Å². The number of amides is 3. The van der Waals surface area contributed by atoms with E-state index in [1.165, 1.54) is 4.90 Å². The van der Waals surface area contributed by atoms with Crippen molar-refractivity contribution in [3.63, 3.8) is 0 Å². The number of nitrogens with zero attached hydrogens (tertiary/aromatic N) is 3. The summed E-state index contributed by atoms with van der Waals surface area (Å²) >= 11 is 6.00. The monoisotopic (exact) mass is 363 g/mol. The first-order valence-corrected chi connectivity index (χ1v) is 8.84. The molecule has 25 heavy (non-hydrogen) atoms. The van der Waals surface area contributed by atoms with Crippen LogP contribution in [0.25, 0.3) is 0 Å². The van der Waals surface area contributed by atoms with Crippen molar-refractivity contribution in [3.8, 4) is 0 Å². The molecule has 0 aliphatic carbocycles. The molecular weight excluding hydrogens is 342 g/mol. The molecule has 134 valence electrons. The second kappa shape index (κ2) is 7.04. The molecule has 0 spiro atoms. The van der Waals surface area contributed by atoms with Gasteiger partial charge in [-0.15, -0.1) is 0 Å². The highest BCUT2D eigenvalue weighted by atomic mass is 35.5. The lowest BCUT2D eigenvalue weighted by atomic mass is 10.1. The first kappa shape index (κ1) is 17.7. The van der Waals surface area contributed by atoms with E-state index in [-0.39, 0.29) is 24.1 Å². The molecule has 2 heterocycles. The molecule has 2 fully saturated rings. The molecular formula is C18H22ClN3O3. The Labute approximate surface area is 152 Å². The van der Waals surface area contributed by atoms with E-state index in [1.807, 2.05) is 6.07 Å². The fourth-order valence-electron chi connectivity index (χ4n) is 3.59. The molecule has 1 aromatic rings. The Morgan fingerprint density at radius 3 is 2.72 bits per heavy atom. The van der Waals surface area contributed by atoms with Gasteiger partial charge in [-0.25, -0.2) is 0 Å². The highest BCUT2D eigenvalue weighted by molar-refractivity contribution is 6.31. The van der Waals surface area contributed by atoms with Gasteiger partial charge in [-0.3, -0.25) is 14.4 Å². The minimum atomic E-state index is -0.415. The fraction of sp³-hybridized carbons (Fsp3) is 0.500. The van der Waals surface area contributed by atoms with Gasteiger partial charge in [0.25, 0.3) is 0 Å². The number of hydrogen-bond donors (Lipinski definition) is 0. The Morgan fingerprint density at radius 2 is 2.04 bits per heavy atom. The molecule has 0 radical (unpaired) electrons. The average Bonchev–Trinajstić information content (AvgIpc) is 3.20. The summed E-state index contributed by atoms with van der Waals surface area (Å²) in [6, 6.07) is 6.66. The number of carbonyl (C=O) groups is 3. The minimum absolute atomic E-state index is 0.0538. The summed E-state index contributed by atoms with van der Waals surface area (Å²) in [4.78, 5) is 42.4. The zero-order chi connectivity index (χ0) is 18.1. The van der Waals surface area contributed by atoms with Crippen LogP contribution >= 0.6 is 11.6 Å². The summed E-state index contributed by atoms with van der Waals surface area (Å²) in [6.07, 6.45) is 1.67. The normalized spacial score (nSPS) is 23.2. The van der Waals surface area contributed by atoms with Gasteiger partial charge in [-0.2, -0.15) is 0 Å². The van der Waals surface area contributed by atoms with Crippen LogP contribution in [-0.4, -0.2) is 60.7 Å². The highest BCUT2D eigenvalue weighted by Gasteiger charge is 2.42. The Hall–Kier alpha value is -2.08. The number of halogens is 1. The first-order chi connectivity index (χ1) is 11.9. The number of likely N-dealkylation sites (N-methyl/N-ethyl adjacent to an activating group) is 1. The zero-order valence-corrected chi connectivity index (χ0v) is 15.2. The number of benzene rings is 1. The van der Waals surface area contributed by atoms with Gasteiger partial charge in [0.15, 0.2) is 0 Å². The first-order valence-electron chi connectivity index (χ1n) is 8.46. The van der Waals surface area contributed by atoms with E-state index in [1.54, 1.807) is 42.1 Å². The maximum Gasteiger partial charge on any atom is 0.244 e. The van der Waals surface area contributed by atoms with Gasteiger partial charge in [0.2, 0.25) is 17.7 Å². The van der Waals surface area contributed by atoms with Crippen LogP contribution in [0.2, 0.25) is 5.02 Å². The van der Waals surface area contributed by atoms with E-state index in [0.29, 0.717) is 30.2 Å². The summed E-state index contributed by atoms with van der Waals surface area (Å²) in [7, 11) is 3.40. The zero-order valence-electron chi connectivity index (χ0n) is 14.4. The molecule has 2 unspecified atom stereocenters. The SMILES string of the molecule is CN(C)C(=O)C1CCCN1C(=O)C1CC(=O)N(c2cccc(Cl)c2)C1. The number of carbonyl (C=O) groups excluding carboxylic acids is 3. The van der Waals surface area contributed by atoms with Gasteiger partial charge in [-0.05, 0) is 31.0 Å². The van der Waals surface area contributed by atoms with Gasteiger partial charge < -0.3 is 14.7 Å². The van der Waals surface area contributed by atoms with Crippen molar-refractivity contribution in [2.24, 2.45) is 5.92 Å². The lowest BCUT2D eigenvalue weighted by Crippen LogP contribution is -2.47. The fourth-order valence-corrected chi connectivity index (χ4v) is 3.77. The van der Waals surface area contributed by atoms with Gasteiger partial charge >= 0.3 is 0 Å². The van der Waals surface area contributed by atoms with Gasteiger partial charge in [0, 0.05) is 44.3 Å².